The van der Waals surface area contributed by atoms with E-state index in [4.69, 9.17) is 14.2 Å². The third-order valence-electron chi connectivity index (χ3n) is 14.8. The second-order valence-corrected chi connectivity index (χ2v) is 22.1. The lowest BCUT2D eigenvalue weighted by Crippen LogP contribution is -2.60. The van der Waals surface area contributed by atoms with E-state index in [0.717, 1.165) is 96.3 Å². The van der Waals surface area contributed by atoms with Crippen molar-refractivity contribution in [1.29, 1.82) is 0 Å². The van der Waals surface area contributed by atoms with Crippen LogP contribution in [-0.4, -0.2) is 100 Å². The van der Waals surface area contributed by atoms with Crippen molar-refractivity contribution in [3.63, 3.8) is 0 Å². The van der Waals surface area contributed by atoms with Crippen LogP contribution in [0.4, 0.5) is 0 Å². The van der Waals surface area contributed by atoms with Gasteiger partial charge in [0.15, 0.2) is 6.29 Å². The number of esters is 1. The number of rotatable bonds is 55. The predicted molar refractivity (Wildman–Crippen MR) is 324 cm³/mol. The summed E-state index contributed by atoms with van der Waals surface area (Å²) < 4.78 is 16.7. The third kappa shape index (κ3) is 44.8. The van der Waals surface area contributed by atoms with Gasteiger partial charge in [0.2, 0.25) is 5.91 Å². The summed E-state index contributed by atoms with van der Waals surface area (Å²) in [4.78, 5) is 25.1. The molecule has 7 unspecified atom stereocenters. The number of aliphatic hydroxyl groups is 5. The Balaban J connectivity index is 2.01. The smallest absolute Gasteiger partial charge is 0.305 e. The number of hydrogen-bond acceptors (Lipinski definition) is 10. The van der Waals surface area contributed by atoms with Gasteiger partial charge < -0.3 is 45.1 Å². The van der Waals surface area contributed by atoms with Crippen molar-refractivity contribution in [2.45, 2.75) is 320 Å². The maximum absolute atomic E-state index is 13.0. The van der Waals surface area contributed by atoms with Crippen LogP contribution in [0.2, 0.25) is 0 Å². The van der Waals surface area contributed by atoms with Crippen molar-refractivity contribution in [3.05, 3.63) is 72.9 Å². The summed E-state index contributed by atoms with van der Waals surface area (Å²) in [6.07, 6.45) is 64.6. The van der Waals surface area contributed by atoms with Gasteiger partial charge in [0.1, 0.15) is 24.4 Å². The number of hydrogen-bond donors (Lipinski definition) is 6. The molecule has 0 aromatic rings. The zero-order valence-electron chi connectivity index (χ0n) is 49.9. The van der Waals surface area contributed by atoms with Crippen LogP contribution in [0.5, 0.6) is 0 Å². The van der Waals surface area contributed by atoms with Crippen LogP contribution in [0.15, 0.2) is 72.9 Å². The molecule has 0 aliphatic carbocycles. The molecule has 1 aliphatic rings. The van der Waals surface area contributed by atoms with E-state index in [1.165, 1.54) is 148 Å². The Morgan fingerprint density at radius 3 is 1.41 bits per heavy atom. The molecule has 0 aromatic heterocycles. The highest BCUT2D eigenvalue weighted by Crippen LogP contribution is 2.23. The number of unbranched alkanes of at least 4 members (excludes halogenated alkanes) is 31. The summed E-state index contributed by atoms with van der Waals surface area (Å²) in [5.74, 6) is -0.220. The highest BCUT2D eigenvalue weighted by molar-refractivity contribution is 5.76. The molecule has 452 valence electrons. The standard InChI is InChI=1S/C67H119NO10/c1-3-5-7-9-11-13-15-16-17-25-29-32-35-39-43-47-51-55-63(72)76-56-52-48-44-40-36-33-30-27-24-22-20-18-19-21-23-26-28-31-34-38-42-46-50-54-62(71)68-59(58-77-67-66(75)65(74)64(73)61(57-69)78-67)60(70)53-49-45-41-37-14-12-10-8-6-4-2/h6,8,14,16-18,20-21,23,37,49,53,59-61,64-67,69-70,73-75H,3-5,7,9-13,15,19,22,24-36,38-48,50-52,54-58H2,1-2H3,(H,68,71)/b8-6+,17-16-,20-18-,23-21-,37-14+,53-49+. The molecule has 78 heavy (non-hydrogen) atoms. The van der Waals surface area contributed by atoms with Gasteiger partial charge in [-0.3, -0.25) is 9.59 Å². The van der Waals surface area contributed by atoms with Gasteiger partial charge in [0.25, 0.3) is 0 Å². The third-order valence-corrected chi connectivity index (χ3v) is 14.8. The Hall–Kier alpha value is -2.90. The fourth-order valence-corrected chi connectivity index (χ4v) is 9.67. The minimum absolute atomic E-state index is 0.00963. The van der Waals surface area contributed by atoms with E-state index in [0.29, 0.717) is 25.9 Å². The average Bonchev–Trinajstić information content (AvgIpc) is 3.44. The van der Waals surface area contributed by atoms with E-state index in [2.05, 4.69) is 79.9 Å². The molecule has 0 bridgehead atoms. The molecule has 1 heterocycles. The van der Waals surface area contributed by atoms with Crippen molar-refractivity contribution in [2.75, 3.05) is 19.8 Å². The molecule has 0 radical (unpaired) electrons. The van der Waals surface area contributed by atoms with Gasteiger partial charge in [0, 0.05) is 12.8 Å². The second kappa shape index (κ2) is 56.0. The minimum Gasteiger partial charge on any atom is -0.466 e. The number of aliphatic hydroxyl groups excluding tert-OH is 5. The zero-order valence-corrected chi connectivity index (χ0v) is 49.9. The molecule has 11 heteroatoms. The molecule has 1 aliphatic heterocycles. The quantitative estimate of drug-likeness (QED) is 0.0195. The van der Waals surface area contributed by atoms with E-state index in [-0.39, 0.29) is 18.5 Å². The first-order valence-corrected chi connectivity index (χ1v) is 32.2. The summed E-state index contributed by atoms with van der Waals surface area (Å²) in [5.41, 5.74) is 0. The summed E-state index contributed by atoms with van der Waals surface area (Å²) in [6.45, 7) is 4.18. The van der Waals surface area contributed by atoms with E-state index in [1.807, 2.05) is 6.08 Å². The number of nitrogens with one attached hydrogen (secondary N) is 1. The van der Waals surface area contributed by atoms with Gasteiger partial charge in [-0.05, 0) is 109 Å². The fraction of sp³-hybridized carbons (Fsp3) is 0.791. The molecule has 7 atom stereocenters. The first-order chi connectivity index (χ1) is 38.2. The number of ether oxygens (including phenoxy) is 3. The van der Waals surface area contributed by atoms with Crippen LogP contribution < -0.4 is 5.32 Å². The van der Waals surface area contributed by atoms with E-state index >= 15 is 0 Å². The summed E-state index contributed by atoms with van der Waals surface area (Å²) >= 11 is 0. The lowest BCUT2D eigenvalue weighted by atomic mass is 9.99. The van der Waals surface area contributed by atoms with Gasteiger partial charge >= 0.3 is 5.97 Å². The molecule has 0 saturated carbocycles. The fourth-order valence-electron chi connectivity index (χ4n) is 9.67. The van der Waals surface area contributed by atoms with Gasteiger partial charge in [-0.1, -0.05) is 228 Å². The average molecular weight is 1100 g/mol. The summed E-state index contributed by atoms with van der Waals surface area (Å²) in [5, 5.41) is 54.2. The molecule has 11 nitrogen and oxygen atoms in total. The van der Waals surface area contributed by atoms with E-state index in [9.17, 15) is 35.1 Å². The van der Waals surface area contributed by atoms with Gasteiger partial charge in [-0.25, -0.2) is 0 Å². The first-order valence-electron chi connectivity index (χ1n) is 32.2. The normalized spacial score (nSPS) is 19.0. The van der Waals surface area contributed by atoms with Crippen LogP contribution in [-0.2, 0) is 23.8 Å². The lowest BCUT2D eigenvalue weighted by molar-refractivity contribution is -0.302. The van der Waals surface area contributed by atoms with Crippen LogP contribution in [0.1, 0.15) is 277 Å². The highest BCUT2D eigenvalue weighted by Gasteiger charge is 2.44. The molecule has 1 fully saturated rings. The highest BCUT2D eigenvalue weighted by atomic mass is 16.7. The number of amides is 1. The molecule has 6 N–H and O–H groups in total. The van der Waals surface area contributed by atoms with Crippen LogP contribution in [0.25, 0.3) is 0 Å². The molecule has 1 saturated heterocycles. The number of allylic oxidation sites excluding steroid dienone is 11. The SMILES string of the molecule is CC/C=C/CC/C=C/CC/C=C/C(O)C(COC1OC(CO)C(O)C(O)C1O)NC(=O)CCCCCCCCC/C=C\C/C=C\CCCCCCCCCCCOC(=O)CCCCCCCCC/C=C\CCCCCCCC. The van der Waals surface area contributed by atoms with E-state index < -0.39 is 49.5 Å². The summed E-state index contributed by atoms with van der Waals surface area (Å²) in [7, 11) is 0. The zero-order chi connectivity index (χ0) is 56.6. The number of carbonyl (C=O) groups excluding carboxylic acids is 2. The summed E-state index contributed by atoms with van der Waals surface area (Å²) in [6, 6.07) is -0.843. The number of carbonyl (C=O) groups is 2. The lowest BCUT2D eigenvalue weighted by Gasteiger charge is -2.40. The molecule has 1 amide bonds. The van der Waals surface area contributed by atoms with Gasteiger partial charge in [0.05, 0.1) is 32.0 Å². The maximum Gasteiger partial charge on any atom is 0.305 e. The van der Waals surface area contributed by atoms with Crippen LogP contribution in [0.3, 0.4) is 0 Å². The maximum atomic E-state index is 13.0. The van der Waals surface area contributed by atoms with Crippen molar-refractivity contribution < 1.29 is 49.3 Å². The molecule has 0 spiro atoms. The van der Waals surface area contributed by atoms with Crippen LogP contribution >= 0.6 is 0 Å². The second-order valence-electron chi connectivity index (χ2n) is 22.1. The topological polar surface area (TPSA) is 175 Å². The monoisotopic (exact) mass is 1100 g/mol. The Morgan fingerprint density at radius 1 is 0.487 bits per heavy atom. The largest absolute Gasteiger partial charge is 0.466 e. The van der Waals surface area contributed by atoms with Crippen LogP contribution in [0, 0.1) is 0 Å². The Kier molecular flexibility index (Phi) is 52.5. The van der Waals surface area contributed by atoms with Crippen molar-refractivity contribution in [2.24, 2.45) is 0 Å². The predicted octanol–water partition coefficient (Wildman–Crippen LogP) is 15.6. The Labute approximate surface area is 477 Å². The van der Waals surface area contributed by atoms with Gasteiger partial charge in [-0.2, -0.15) is 0 Å². The molecule has 0 aromatic carbocycles. The Morgan fingerprint density at radius 2 is 0.910 bits per heavy atom. The molecule has 1 rings (SSSR count). The molecular formula is C67H119NO10. The van der Waals surface area contributed by atoms with Crippen molar-refractivity contribution >= 4 is 11.9 Å². The van der Waals surface area contributed by atoms with E-state index in [1.54, 1.807) is 6.08 Å². The molecular weight excluding hydrogens is 979 g/mol. The minimum atomic E-state index is -1.58. The first kappa shape index (κ1) is 73.1. The Bertz CT molecular complexity index is 1520. The van der Waals surface area contributed by atoms with Gasteiger partial charge in [-0.15, -0.1) is 0 Å². The van der Waals surface area contributed by atoms with Crippen molar-refractivity contribution in [3.8, 4) is 0 Å². The van der Waals surface area contributed by atoms with Crippen molar-refractivity contribution in [1.82, 2.24) is 5.32 Å².